The Labute approximate surface area is 90.9 Å². The predicted molar refractivity (Wildman–Crippen MR) is 59.0 cm³/mol. The van der Waals surface area contributed by atoms with E-state index in [0.717, 1.165) is 25.3 Å². The molecule has 0 aliphatic carbocycles. The zero-order valence-corrected chi connectivity index (χ0v) is 9.40. The summed E-state index contributed by atoms with van der Waals surface area (Å²) in [6.07, 6.45) is 5.27. The minimum Gasteiger partial charge on any atom is -0.334 e. The molecule has 1 aromatic rings. The molecule has 0 bridgehead atoms. The van der Waals surface area contributed by atoms with E-state index < -0.39 is 0 Å². The largest absolute Gasteiger partial charge is 0.334 e. The third-order valence-corrected chi connectivity index (χ3v) is 2.16. The molecule has 0 aliphatic rings. The maximum Gasteiger partial charge on any atom is 0.122 e. The van der Waals surface area contributed by atoms with Gasteiger partial charge in [-0.15, -0.1) is 0 Å². The zero-order chi connectivity index (χ0) is 11.1. The summed E-state index contributed by atoms with van der Waals surface area (Å²) in [5.74, 6) is 1.04. The van der Waals surface area contributed by atoms with Gasteiger partial charge in [-0.05, 0) is 6.42 Å². The van der Waals surface area contributed by atoms with E-state index in [1.54, 1.807) is 0 Å². The van der Waals surface area contributed by atoms with Crippen molar-refractivity contribution >= 4 is 0 Å². The minimum atomic E-state index is 0.467. The molecule has 0 aliphatic heterocycles. The van der Waals surface area contributed by atoms with Crippen molar-refractivity contribution in [3.05, 3.63) is 18.2 Å². The van der Waals surface area contributed by atoms with E-state index in [9.17, 15) is 0 Å². The highest BCUT2D eigenvalue weighted by molar-refractivity contribution is 4.92. The number of imidazole rings is 1. The summed E-state index contributed by atoms with van der Waals surface area (Å²) in [6, 6.07) is 2.62. The first-order valence-corrected chi connectivity index (χ1v) is 5.34. The van der Waals surface area contributed by atoms with Gasteiger partial charge in [-0.1, -0.05) is 13.8 Å². The van der Waals surface area contributed by atoms with Crippen molar-refractivity contribution in [1.82, 2.24) is 14.9 Å². The number of aromatic nitrogens is 2. The van der Waals surface area contributed by atoms with E-state index >= 15 is 0 Å². The molecule has 0 aromatic carbocycles. The quantitative estimate of drug-likeness (QED) is 0.720. The van der Waals surface area contributed by atoms with Crippen LogP contribution in [0.1, 0.15) is 32.5 Å². The van der Waals surface area contributed by atoms with Gasteiger partial charge in [0.25, 0.3) is 0 Å². The molecule has 0 saturated heterocycles. The lowest BCUT2D eigenvalue weighted by molar-refractivity contribution is 0.538. The zero-order valence-electron chi connectivity index (χ0n) is 9.40. The van der Waals surface area contributed by atoms with Gasteiger partial charge in [0.1, 0.15) is 5.82 Å². The van der Waals surface area contributed by atoms with Crippen molar-refractivity contribution in [2.24, 2.45) is 0 Å². The van der Waals surface area contributed by atoms with Crippen LogP contribution >= 0.6 is 0 Å². The van der Waals surface area contributed by atoms with Gasteiger partial charge < -0.3 is 9.88 Å². The van der Waals surface area contributed by atoms with Crippen LogP contribution in [0, 0.1) is 11.3 Å². The lowest BCUT2D eigenvalue weighted by Crippen LogP contribution is -2.24. The van der Waals surface area contributed by atoms with Crippen LogP contribution in [0.2, 0.25) is 0 Å². The number of nitrogens with zero attached hydrogens (tertiary/aromatic N) is 3. The smallest absolute Gasteiger partial charge is 0.122 e. The first-order valence-electron chi connectivity index (χ1n) is 5.34. The van der Waals surface area contributed by atoms with Gasteiger partial charge in [0.2, 0.25) is 0 Å². The molecule has 0 atom stereocenters. The lowest BCUT2D eigenvalue weighted by atomic mass is 10.3. The second-order valence-corrected chi connectivity index (χ2v) is 3.83. The van der Waals surface area contributed by atoms with Crippen molar-refractivity contribution in [1.29, 1.82) is 5.26 Å². The Morgan fingerprint density at radius 2 is 2.40 bits per heavy atom. The van der Waals surface area contributed by atoms with Crippen LogP contribution in [-0.2, 0) is 13.1 Å². The summed E-state index contributed by atoms with van der Waals surface area (Å²) in [5.41, 5.74) is 0. The molecule has 4 heteroatoms. The number of aryl methyl sites for hydroxylation is 1. The van der Waals surface area contributed by atoms with Crippen LogP contribution in [-0.4, -0.2) is 15.6 Å². The van der Waals surface area contributed by atoms with Gasteiger partial charge in [-0.3, -0.25) is 0 Å². The highest BCUT2D eigenvalue weighted by Crippen LogP contribution is 2.01. The standard InChI is InChI=1S/C11H18N4/c1-10(2)14-9-11-13-6-8-15(11)7-4-3-5-12/h6,8,10,14H,3-4,7,9H2,1-2H3. The van der Waals surface area contributed by atoms with Crippen LogP contribution in [0.5, 0.6) is 0 Å². The van der Waals surface area contributed by atoms with Crippen molar-refractivity contribution in [3.8, 4) is 6.07 Å². The van der Waals surface area contributed by atoms with Crippen molar-refractivity contribution < 1.29 is 0 Å². The van der Waals surface area contributed by atoms with Crippen molar-refractivity contribution in [2.45, 2.75) is 45.8 Å². The van der Waals surface area contributed by atoms with E-state index in [0.29, 0.717) is 12.5 Å². The van der Waals surface area contributed by atoms with Gasteiger partial charge in [-0.2, -0.15) is 5.26 Å². The molecule has 1 N–H and O–H groups in total. The van der Waals surface area contributed by atoms with Crippen LogP contribution in [0.3, 0.4) is 0 Å². The Morgan fingerprint density at radius 3 is 3.07 bits per heavy atom. The highest BCUT2D eigenvalue weighted by atomic mass is 15.1. The van der Waals surface area contributed by atoms with E-state index in [2.05, 4.69) is 34.8 Å². The molecule has 4 nitrogen and oxygen atoms in total. The molecule has 0 radical (unpaired) electrons. The van der Waals surface area contributed by atoms with Gasteiger partial charge in [0.15, 0.2) is 0 Å². The summed E-state index contributed by atoms with van der Waals surface area (Å²) in [7, 11) is 0. The van der Waals surface area contributed by atoms with E-state index in [1.165, 1.54) is 0 Å². The van der Waals surface area contributed by atoms with Gasteiger partial charge in [-0.25, -0.2) is 4.98 Å². The molecule has 0 amide bonds. The molecule has 0 saturated carbocycles. The number of rotatable bonds is 6. The molecule has 0 fully saturated rings. The number of hydrogen-bond donors (Lipinski definition) is 1. The first kappa shape index (κ1) is 11.7. The molecule has 0 spiro atoms. The average Bonchev–Trinajstić information content (AvgIpc) is 2.63. The van der Waals surface area contributed by atoms with Crippen molar-refractivity contribution in [3.63, 3.8) is 0 Å². The molecule has 15 heavy (non-hydrogen) atoms. The SMILES string of the molecule is CC(C)NCc1nccn1CCCC#N. The second-order valence-electron chi connectivity index (χ2n) is 3.83. The molecule has 1 heterocycles. The highest BCUT2D eigenvalue weighted by Gasteiger charge is 2.02. The van der Waals surface area contributed by atoms with Gasteiger partial charge >= 0.3 is 0 Å². The second kappa shape index (κ2) is 6.20. The van der Waals surface area contributed by atoms with E-state index in [-0.39, 0.29) is 0 Å². The fraction of sp³-hybridized carbons (Fsp3) is 0.636. The Morgan fingerprint density at radius 1 is 1.60 bits per heavy atom. The molecule has 1 rings (SSSR count). The Bertz CT molecular complexity index is 322. The van der Waals surface area contributed by atoms with E-state index in [4.69, 9.17) is 5.26 Å². The summed E-state index contributed by atoms with van der Waals surface area (Å²) < 4.78 is 2.10. The lowest BCUT2D eigenvalue weighted by Gasteiger charge is -2.09. The average molecular weight is 206 g/mol. The van der Waals surface area contributed by atoms with E-state index in [1.807, 2.05) is 12.4 Å². The van der Waals surface area contributed by atoms with Crippen LogP contribution in [0.15, 0.2) is 12.4 Å². The molecular weight excluding hydrogens is 188 g/mol. The summed E-state index contributed by atoms with van der Waals surface area (Å²) in [6.45, 7) is 5.89. The number of nitrogens with one attached hydrogen (secondary N) is 1. The summed E-state index contributed by atoms with van der Waals surface area (Å²) >= 11 is 0. The van der Waals surface area contributed by atoms with Crippen LogP contribution in [0.25, 0.3) is 0 Å². The maximum absolute atomic E-state index is 8.45. The topological polar surface area (TPSA) is 53.6 Å². The fourth-order valence-electron chi connectivity index (χ4n) is 1.33. The van der Waals surface area contributed by atoms with Crippen LogP contribution in [0.4, 0.5) is 0 Å². The minimum absolute atomic E-state index is 0.467. The predicted octanol–water partition coefficient (Wildman–Crippen LogP) is 1.68. The van der Waals surface area contributed by atoms with Crippen molar-refractivity contribution in [2.75, 3.05) is 0 Å². The third-order valence-electron chi connectivity index (χ3n) is 2.16. The molecule has 82 valence electrons. The summed E-state index contributed by atoms with van der Waals surface area (Å²) in [5, 5.41) is 11.8. The monoisotopic (exact) mass is 206 g/mol. The van der Waals surface area contributed by atoms with Gasteiger partial charge in [0, 0.05) is 31.4 Å². The molecule has 1 aromatic heterocycles. The Hall–Kier alpha value is -1.34. The molecule has 0 unspecified atom stereocenters. The normalized spacial score (nSPS) is 10.5. The number of nitriles is 1. The maximum atomic E-state index is 8.45. The molecular formula is C11H18N4. The van der Waals surface area contributed by atoms with Gasteiger partial charge in [0.05, 0.1) is 12.6 Å². The van der Waals surface area contributed by atoms with Crippen LogP contribution < -0.4 is 5.32 Å². The third kappa shape index (κ3) is 4.13. The summed E-state index contributed by atoms with van der Waals surface area (Å²) in [4.78, 5) is 4.28. The fourth-order valence-corrected chi connectivity index (χ4v) is 1.33. The Balaban J connectivity index is 2.43. The first-order chi connectivity index (χ1) is 7.24. The number of unbranched alkanes of at least 4 members (excludes halogenated alkanes) is 1. The Kier molecular flexibility index (Phi) is 4.85. The number of hydrogen-bond acceptors (Lipinski definition) is 3.